The van der Waals surface area contributed by atoms with Gasteiger partial charge in [0.1, 0.15) is 11.5 Å². The summed E-state index contributed by atoms with van der Waals surface area (Å²) >= 11 is 0. The molecule has 1 spiro atoms. The number of carbonyl (C=O) groups excluding carboxylic acids is 2. The maximum atomic E-state index is 14.0. The highest BCUT2D eigenvalue weighted by Gasteiger charge is 2.54. The van der Waals surface area contributed by atoms with Crippen molar-refractivity contribution in [2.24, 2.45) is 5.41 Å². The van der Waals surface area contributed by atoms with E-state index in [1.54, 1.807) is 17.0 Å². The quantitative estimate of drug-likeness (QED) is 0.362. The highest BCUT2D eigenvalue weighted by Crippen LogP contribution is 2.48. The summed E-state index contributed by atoms with van der Waals surface area (Å²) in [5.41, 5.74) is 2.04. The molecule has 2 aliphatic heterocycles. The summed E-state index contributed by atoms with van der Waals surface area (Å²) < 4.78 is 19.0. The van der Waals surface area contributed by atoms with E-state index in [0.29, 0.717) is 50.2 Å². The molecule has 2 fully saturated rings. The number of aliphatic hydroxyl groups excluding tert-OH is 1. The monoisotopic (exact) mass is 539 g/mol. The summed E-state index contributed by atoms with van der Waals surface area (Å²) in [4.78, 5) is 30.8. The van der Waals surface area contributed by atoms with Crippen molar-refractivity contribution in [1.82, 2.24) is 15.0 Å². The van der Waals surface area contributed by atoms with Gasteiger partial charge in [0.25, 0.3) is 5.91 Å². The first-order chi connectivity index (χ1) is 19.4. The average molecular weight is 540 g/mol. The zero-order chi connectivity index (χ0) is 27.7. The predicted molar refractivity (Wildman–Crippen MR) is 146 cm³/mol. The number of halogens is 1. The maximum Gasteiger partial charge on any atom is 0.292 e. The van der Waals surface area contributed by atoms with E-state index >= 15 is 0 Å². The van der Waals surface area contributed by atoms with Crippen molar-refractivity contribution in [3.05, 3.63) is 114 Å². The van der Waals surface area contributed by atoms with Crippen LogP contribution >= 0.6 is 0 Å². The van der Waals surface area contributed by atoms with Gasteiger partial charge in [-0.05, 0) is 42.5 Å². The molecule has 0 radical (unpaired) electrons. The average Bonchev–Trinajstić information content (AvgIpc) is 3.58. The van der Waals surface area contributed by atoms with Crippen molar-refractivity contribution in [1.29, 1.82) is 0 Å². The minimum Gasteiger partial charge on any atom is -0.386 e. The second-order valence-corrected chi connectivity index (χ2v) is 10.7. The van der Waals surface area contributed by atoms with Crippen LogP contribution in [0.4, 0.5) is 4.39 Å². The molecule has 0 unspecified atom stereocenters. The Balaban J connectivity index is 1.19. The molecule has 204 valence electrons. The lowest BCUT2D eigenvalue weighted by Gasteiger charge is -2.37. The zero-order valence-corrected chi connectivity index (χ0v) is 21.9. The number of carbonyl (C=O) groups is 2. The first-order valence-electron chi connectivity index (χ1n) is 13.5. The zero-order valence-electron chi connectivity index (χ0n) is 21.9. The Hall–Kier alpha value is -4.30. The summed E-state index contributed by atoms with van der Waals surface area (Å²) in [7, 11) is 0. The lowest BCUT2D eigenvalue weighted by molar-refractivity contribution is -0.140. The number of hydrogen-bond donors (Lipinski definition) is 1. The number of likely N-dealkylation sites (tertiary alicyclic amines) is 2. The van der Waals surface area contributed by atoms with Crippen molar-refractivity contribution in [2.75, 3.05) is 13.1 Å². The van der Waals surface area contributed by atoms with Gasteiger partial charge in [-0.25, -0.2) is 4.39 Å². The molecule has 2 atom stereocenters. The van der Waals surface area contributed by atoms with E-state index in [9.17, 15) is 19.1 Å². The highest BCUT2D eigenvalue weighted by molar-refractivity contribution is 5.93. The van der Waals surface area contributed by atoms with E-state index in [1.165, 1.54) is 18.2 Å². The molecule has 2 aliphatic rings. The van der Waals surface area contributed by atoms with E-state index in [0.717, 1.165) is 11.1 Å². The third-order valence-electron chi connectivity index (χ3n) is 8.27. The fraction of sp³-hybridized carbons (Fsp3) is 0.281. The Morgan fingerprint density at radius 3 is 2.40 bits per heavy atom. The van der Waals surface area contributed by atoms with Gasteiger partial charge in [0.2, 0.25) is 11.7 Å². The van der Waals surface area contributed by atoms with Crippen molar-refractivity contribution in [3.63, 3.8) is 0 Å². The summed E-state index contributed by atoms with van der Waals surface area (Å²) in [6.45, 7) is 1.18. The third kappa shape index (κ3) is 4.91. The SMILES string of the molecule is O=C(c1cc(-c2cccc(F)c2)no1)N1CCC2(CC1)C[C@@H]([C@H](O)c1ccccc1)N(Cc1ccccc1)C2=O. The summed E-state index contributed by atoms with van der Waals surface area (Å²) in [5.74, 6) is -0.599. The molecule has 2 amide bonds. The Labute approximate surface area is 231 Å². The molecule has 6 rings (SSSR count). The van der Waals surface area contributed by atoms with Crippen LogP contribution in [0.1, 0.15) is 47.0 Å². The van der Waals surface area contributed by atoms with Crippen LogP contribution in [-0.2, 0) is 11.3 Å². The minimum atomic E-state index is -0.816. The van der Waals surface area contributed by atoms with Crippen LogP contribution in [0.2, 0.25) is 0 Å². The first kappa shape index (κ1) is 26.0. The molecule has 0 bridgehead atoms. The second kappa shape index (κ2) is 10.7. The van der Waals surface area contributed by atoms with Crippen molar-refractivity contribution in [3.8, 4) is 11.3 Å². The van der Waals surface area contributed by atoms with Gasteiger partial charge in [-0.3, -0.25) is 9.59 Å². The third-order valence-corrected chi connectivity index (χ3v) is 8.27. The van der Waals surface area contributed by atoms with Crippen molar-refractivity contribution in [2.45, 2.75) is 38.0 Å². The van der Waals surface area contributed by atoms with Crippen molar-refractivity contribution >= 4 is 11.8 Å². The van der Waals surface area contributed by atoms with Gasteiger partial charge in [0.05, 0.1) is 17.6 Å². The molecule has 3 aromatic carbocycles. The van der Waals surface area contributed by atoms with Crippen LogP contribution in [0, 0.1) is 11.2 Å². The Bertz CT molecular complexity index is 1500. The molecular weight excluding hydrogens is 509 g/mol. The maximum absolute atomic E-state index is 14.0. The van der Waals surface area contributed by atoms with Gasteiger partial charge in [0.15, 0.2) is 0 Å². The summed E-state index contributed by atoms with van der Waals surface area (Å²) in [6.07, 6.45) is 0.684. The molecule has 7 nitrogen and oxygen atoms in total. The normalized spacial score (nSPS) is 19.2. The number of amides is 2. The largest absolute Gasteiger partial charge is 0.386 e. The summed E-state index contributed by atoms with van der Waals surface area (Å²) in [5, 5.41) is 15.4. The van der Waals surface area contributed by atoms with E-state index in [2.05, 4.69) is 5.16 Å². The summed E-state index contributed by atoms with van der Waals surface area (Å²) in [6, 6.07) is 26.4. The molecule has 0 aliphatic carbocycles. The Morgan fingerprint density at radius 1 is 1.00 bits per heavy atom. The Kier molecular flexibility index (Phi) is 6.94. The standard InChI is InChI=1S/C32H30FN3O4/c33-25-13-7-12-24(18-25)26-19-28(40-34-26)30(38)35-16-14-32(15-17-35)20-27(29(37)23-10-5-2-6-11-23)36(31(32)39)21-22-8-3-1-4-9-22/h1-13,18-19,27,29,37H,14-17,20-21H2/t27-,29+/m0/s1. The smallest absolute Gasteiger partial charge is 0.292 e. The van der Waals surface area contributed by atoms with Gasteiger partial charge in [-0.2, -0.15) is 0 Å². The molecule has 2 saturated heterocycles. The van der Waals surface area contributed by atoms with E-state index in [4.69, 9.17) is 4.52 Å². The first-order valence-corrected chi connectivity index (χ1v) is 13.5. The lowest BCUT2D eigenvalue weighted by Crippen LogP contribution is -2.46. The lowest BCUT2D eigenvalue weighted by atomic mass is 9.75. The van der Waals surface area contributed by atoms with Crippen LogP contribution in [-0.4, -0.2) is 51.0 Å². The number of hydrogen-bond acceptors (Lipinski definition) is 5. The highest BCUT2D eigenvalue weighted by atomic mass is 19.1. The number of benzene rings is 3. The van der Waals surface area contributed by atoms with Crippen LogP contribution < -0.4 is 0 Å². The molecule has 8 heteroatoms. The Morgan fingerprint density at radius 2 is 1.70 bits per heavy atom. The molecular formula is C32H30FN3O4. The number of nitrogens with zero attached hydrogens (tertiary/aromatic N) is 3. The van der Waals surface area contributed by atoms with E-state index in [-0.39, 0.29) is 23.6 Å². The van der Waals surface area contributed by atoms with Crippen molar-refractivity contribution < 1.29 is 23.6 Å². The number of rotatable bonds is 6. The molecule has 0 saturated carbocycles. The van der Waals surface area contributed by atoms with Gasteiger partial charge in [-0.15, -0.1) is 0 Å². The van der Waals surface area contributed by atoms with E-state index < -0.39 is 17.3 Å². The van der Waals surface area contributed by atoms with Crippen LogP contribution in [0.25, 0.3) is 11.3 Å². The van der Waals surface area contributed by atoms with E-state index in [1.807, 2.05) is 65.6 Å². The minimum absolute atomic E-state index is 0.0245. The second-order valence-electron chi connectivity index (χ2n) is 10.7. The van der Waals surface area contributed by atoms with Crippen LogP contribution in [0.5, 0.6) is 0 Å². The fourth-order valence-electron chi connectivity index (χ4n) is 6.05. The number of piperidine rings is 1. The fourth-order valence-corrected chi connectivity index (χ4v) is 6.05. The van der Waals surface area contributed by atoms with Crippen LogP contribution in [0.3, 0.4) is 0 Å². The van der Waals surface area contributed by atoms with Crippen LogP contribution in [0.15, 0.2) is 95.5 Å². The van der Waals surface area contributed by atoms with Gasteiger partial charge in [-0.1, -0.05) is 78.0 Å². The topological polar surface area (TPSA) is 86.9 Å². The predicted octanol–water partition coefficient (Wildman–Crippen LogP) is 5.24. The molecule has 1 aromatic heterocycles. The van der Waals surface area contributed by atoms with Gasteiger partial charge in [0, 0.05) is 31.3 Å². The molecule has 4 aromatic rings. The molecule has 40 heavy (non-hydrogen) atoms. The van der Waals surface area contributed by atoms with Gasteiger partial charge >= 0.3 is 0 Å². The number of aromatic nitrogens is 1. The van der Waals surface area contributed by atoms with Gasteiger partial charge < -0.3 is 19.4 Å². The number of aliphatic hydroxyl groups is 1. The molecule has 1 N–H and O–H groups in total. The molecule has 3 heterocycles.